The molecular weight excluding hydrogens is 464 g/mol. The summed E-state index contributed by atoms with van der Waals surface area (Å²) >= 11 is 0. The molecule has 11 nitrogen and oxygen atoms in total. The number of ether oxygens (including phenoxy) is 3. The van der Waals surface area contributed by atoms with E-state index in [1.165, 1.54) is 18.2 Å². The Bertz CT molecular complexity index is 1310. The van der Waals surface area contributed by atoms with E-state index in [1.807, 2.05) is 0 Å². The Kier molecular flexibility index (Phi) is 5.23. The highest BCUT2D eigenvalue weighted by Crippen LogP contribution is 2.46. The van der Waals surface area contributed by atoms with Gasteiger partial charge in [0.2, 0.25) is 5.78 Å². The molecule has 0 radical (unpaired) electrons. The molecule has 0 amide bonds. The quantitative estimate of drug-likeness (QED) is 0.269. The average Bonchev–Trinajstić information content (AvgIpc) is 2.82. The highest BCUT2D eigenvalue weighted by Gasteiger charge is 2.40. The summed E-state index contributed by atoms with van der Waals surface area (Å²) in [6, 6.07) is 8.88. The summed E-state index contributed by atoms with van der Waals surface area (Å²) in [5.41, 5.74) is 0.262. The van der Waals surface area contributed by atoms with Gasteiger partial charge in [-0.25, -0.2) is 0 Å². The first-order chi connectivity index (χ1) is 16.7. The topological polar surface area (TPSA) is 186 Å². The molecule has 11 heteroatoms. The normalized spacial score (nSPS) is 22.9. The second-order valence-electron chi connectivity index (χ2n) is 8.18. The summed E-state index contributed by atoms with van der Waals surface area (Å²) in [5.74, 6) is -3.26. The lowest BCUT2D eigenvalue weighted by Gasteiger charge is -2.35. The minimum absolute atomic E-state index is 0.106. The standard InChI is InChI=1S/C24H20O11/c25-8-18-23(10-3-13(28)20(30)14(29)4-10)34-16-5-9(1-2-15(16)33-18)24-22(32)21(31)19-12(27)6-11(26)7-17(19)35-24/h1-7,18,22-30,32H,8H2/t18-,22+,23-,24-/m1/s1. The maximum atomic E-state index is 12.7. The molecule has 3 aromatic rings. The van der Waals surface area contributed by atoms with Crippen LogP contribution < -0.4 is 14.2 Å². The predicted molar refractivity (Wildman–Crippen MR) is 116 cm³/mol. The van der Waals surface area contributed by atoms with Crippen molar-refractivity contribution in [3.8, 4) is 46.0 Å². The van der Waals surface area contributed by atoms with Crippen molar-refractivity contribution in [1.82, 2.24) is 0 Å². The second kappa shape index (κ2) is 8.15. The van der Waals surface area contributed by atoms with Crippen molar-refractivity contribution in [2.24, 2.45) is 0 Å². The Hall–Kier alpha value is -4.35. The number of Topliss-reactive ketones (excluding diaryl/α,β-unsaturated/α-hetero) is 1. The zero-order valence-electron chi connectivity index (χ0n) is 17.8. The molecule has 0 spiro atoms. The number of ketones is 1. The third-order valence-electron chi connectivity index (χ3n) is 5.89. The van der Waals surface area contributed by atoms with Gasteiger partial charge in [0, 0.05) is 17.7 Å². The SMILES string of the molecule is O=C1c2c(O)cc(O)cc2O[C@H](c2ccc3c(c2)O[C@H](c2cc(O)c(O)c(O)c2)[C@@H](CO)O3)[C@H]1O. The van der Waals surface area contributed by atoms with Gasteiger partial charge >= 0.3 is 0 Å². The molecule has 0 saturated carbocycles. The lowest BCUT2D eigenvalue weighted by Crippen LogP contribution is -2.37. The molecule has 4 atom stereocenters. The number of rotatable bonds is 3. The Balaban J connectivity index is 1.51. The highest BCUT2D eigenvalue weighted by atomic mass is 16.6. The molecule has 0 fully saturated rings. The summed E-state index contributed by atoms with van der Waals surface area (Å²) in [7, 11) is 0. The lowest BCUT2D eigenvalue weighted by molar-refractivity contribution is -0.0131. The molecule has 182 valence electrons. The van der Waals surface area contributed by atoms with Crippen LogP contribution in [0, 0.1) is 0 Å². The summed E-state index contributed by atoms with van der Waals surface area (Å²) < 4.78 is 17.5. The Labute approximate surface area is 197 Å². The van der Waals surface area contributed by atoms with Crippen molar-refractivity contribution < 1.29 is 54.8 Å². The predicted octanol–water partition coefficient (Wildman–Crippen LogP) is 1.77. The van der Waals surface area contributed by atoms with Crippen molar-refractivity contribution in [1.29, 1.82) is 0 Å². The van der Waals surface area contributed by atoms with E-state index < -0.39 is 59.8 Å². The van der Waals surface area contributed by atoms with Crippen molar-refractivity contribution in [3.05, 3.63) is 59.2 Å². The molecule has 0 aromatic heterocycles. The number of carbonyl (C=O) groups is 1. The Morgan fingerprint density at radius 1 is 0.714 bits per heavy atom. The maximum Gasteiger partial charge on any atom is 0.202 e. The molecule has 35 heavy (non-hydrogen) atoms. The van der Waals surface area contributed by atoms with E-state index >= 15 is 0 Å². The van der Waals surface area contributed by atoms with Crippen LogP contribution >= 0.6 is 0 Å². The number of carbonyl (C=O) groups excluding carboxylic acids is 1. The van der Waals surface area contributed by atoms with Crippen molar-refractivity contribution >= 4 is 5.78 Å². The minimum Gasteiger partial charge on any atom is -0.508 e. The van der Waals surface area contributed by atoms with E-state index in [0.29, 0.717) is 5.56 Å². The van der Waals surface area contributed by atoms with Crippen molar-refractivity contribution in [3.63, 3.8) is 0 Å². The molecule has 2 heterocycles. The third-order valence-corrected chi connectivity index (χ3v) is 5.89. The van der Waals surface area contributed by atoms with Gasteiger partial charge in [-0.15, -0.1) is 0 Å². The number of aliphatic hydroxyl groups is 2. The van der Waals surface area contributed by atoms with Gasteiger partial charge < -0.3 is 50.0 Å². The minimum atomic E-state index is -1.67. The van der Waals surface area contributed by atoms with E-state index in [0.717, 1.165) is 24.3 Å². The number of phenolic OH excluding ortho intramolecular Hbond substituents is 5. The van der Waals surface area contributed by atoms with Gasteiger partial charge in [-0.05, 0) is 29.8 Å². The van der Waals surface area contributed by atoms with E-state index in [2.05, 4.69) is 0 Å². The number of benzene rings is 3. The van der Waals surface area contributed by atoms with Crippen LogP contribution in [0.4, 0.5) is 0 Å². The first kappa shape index (κ1) is 22.4. The zero-order chi connectivity index (χ0) is 25.0. The van der Waals surface area contributed by atoms with Crippen LogP contribution in [0.2, 0.25) is 0 Å². The average molecular weight is 484 g/mol. The fourth-order valence-corrected chi connectivity index (χ4v) is 4.20. The summed E-state index contributed by atoms with van der Waals surface area (Å²) in [5, 5.41) is 69.5. The second-order valence-corrected chi connectivity index (χ2v) is 8.18. The number of phenols is 5. The number of hydrogen-bond donors (Lipinski definition) is 7. The molecule has 0 aliphatic carbocycles. The van der Waals surface area contributed by atoms with Gasteiger partial charge in [-0.3, -0.25) is 4.79 Å². The molecule has 7 N–H and O–H groups in total. The monoisotopic (exact) mass is 484 g/mol. The summed E-state index contributed by atoms with van der Waals surface area (Å²) in [4.78, 5) is 12.7. The highest BCUT2D eigenvalue weighted by molar-refractivity contribution is 6.05. The summed E-state index contributed by atoms with van der Waals surface area (Å²) in [6.07, 6.45) is -4.81. The maximum absolute atomic E-state index is 12.7. The van der Waals surface area contributed by atoms with Gasteiger partial charge in [-0.1, -0.05) is 6.07 Å². The molecule has 2 aliphatic heterocycles. The van der Waals surface area contributed by atoms with E-state index in [-0.39, 0.29) is 34.1 Å². The molecule has 3 aromatic carbocycles. The third kappa shape index (κ3) is 3.66. The van der Waals surface area contributed by atoms with E-state index in [9.17, 15) is 40.5 Å². The molecule has 0 unspecified atom stereocenters. The van der Waals surface area contributed by atoms with Crippen LogP contribution in [0.15, 0.2) is 42.5 Å². The van der Waals surface area contributed by atoms with Crippen molar-refractivity contribution in [2.45, 2.75) is 24.4 Å². The number of aliphatic hydroxyl groups excluding tert-OH is 2. The molecule has 0 bridgehead atoms. The van der Waals surface area contributed by atoms with Gasteiger partial charge in [0.15, 0.2) is 53.2 Å². The fraction of sp³-hybridized carbons (Fsp3) is 0.208. The molecular formula is C24H20O11. The van der Waals surface area contributed by atoms with Gasteiger partial charge in [0.05, 0.1) is 6.61 Å². The lowest BCUT2D eigenvalue weighted by atomic mass is 9.92. The smallest absolute Gasteiger partial charge is 0.202 e. The van der Waals surface area contributed by atoms with Crippen LogP contribution in [0.1, 0.15) is 33.7 Å². The van der Waals surface area contributed by atoms with Gasteiger partial charge in [0.1, 0.15) is 22.8 Å². The fourth-order valence-electron chi connectivity index (χ4n) is 4.20. The number of hydrogen-bond acceptors (Lipinski definition) is 11. The largest absolute Gasteiger partial charge is 0.508 e. The molecule has 5 rings (SSSR count). The van der Waals surface area contributed by atoms with Crippen LogP contribution in [0.25, 0.3) is 0 Å². The van der Waals surface area contributed by atoms with Gasteiger partial charge in [0.25, 0.3) is 0 Å². The first-order valence-electron chi connectivity index (χ1n) is 10.5. The van der Waals surface area contributed by atoms with Crippen LogP contribution in [0.5, 0.6) is 46.0 Å². The molecule has 2 aliphatic rings. The van der Waals surface area contributed by atoms with Crippen LogP contribution in [-0.4, -0.2) is 60.3 Å². The number of fused-ring (bicyclic) bond motifs is 2. The Morgan fingerprint density at radius 2 is 1.40 bits per heavy atom. The van der Waals surface area contributed by atoms with Crippen LogP contribution in [0.3, 0.4) is 0 Å². The summed E-state index contributed by atoms with van der Waals surface area (Å²) in [6.45, 7) is -0.475. The van der Waals surface area contributed by atoms with Gasteiger partial charge in [-0.2, -0.15) is 0 Å². The zero-order valence-corrected chi connectivity index (χ0v) is 17.8. The van der Waals surface area contributed by atoms with Crippen molar-refractivity contribution in [2.75, 3.05) is 6.61 Å². The van der Waals surface area contributed by atoms with E-state index in [1.54, 1.807) is 0 Å². The Morgan fingerprint density at radius 3 is 2.09 bits per heavy atom. The van der Waals surface area contributed by atoms with Crippen LogP contribution in [-0.2, 0) is 0 Å². The molecule has 0 saturated heterocycles. The first-order valence-corrected chi connectivity index (χ1v) is 10.5. The van der Waals surface area contributed by atoms with E-state index in [4.69, 9.17) is 14.2 Å². The number of aromatic hydroxyl groups is 5.